The zero-order valence-corrected chi connectivity index (χ0v) is 9.47. The SMILES string of the molecule is CCCOCc1ccc(N=C=O)cc1N=C=O. The molecule has 0 spiro atoms. The fraction of sp³-hybridized carbons (Fsp3) is 0.333. The van der Waals surface area contributed by atoms with Crippen molar-refractivity contribution in [3.8, 4) is 0 Å². The molecule has 0 heterocycles. The van der Waals surface area contributed by atoms with E-state index >= 15 is 0 Å². The molecule has 88 valence electrons. The summed E-state index contributed by atoms with van der Waals surface area (Å²) < 4.78 is 5.36. The standard InChI is InChI=1S/C12H12N2O3/c1-2-5-17-7-10-3-4-11(13-8-15)6-12(10)14-9-16/h3-4,6H,2,5,7H2,1H3. The fourth-order valence-electron chi connectivity index (χ4n) is 1.28. The summed E-state index contributed by atoms with van der Waals surface area (Å²) in [5.74, 6) is 0. The van der Waals surface area contributed by atoms with Crippen molar-refractivity contribution in [1.29, 1.82) is 0 Å². The third-order valence-electron chi connectivity index (χ3n) is 2.02. The Bertz CT molecular complexity index is 473. The molecule has 17 heavy (non-hydrogen) atoms. The molecular weight excluding hydrogens is 220 g/mol. The van der Waals surface area contributed by atoms with E-state index in [0.29, 0.717) is 24.6 Å². The third-order valence-corrected chi connectivity index (χ3v) is 2.02. The molecule has 0 fully saturated rings. The van der Waals surface area contributed by atoms with E-state index in [1.807, 2.05) is 6.92 Å². The number of rotatable bonds is 6. The Morgan fingerprint density at radius 2 is 2.00 bits per heavy atom. The van der Waals surface area contributed by atoms with Gasteiger partial charge in [0.05, 0.1) is 18.0 Å². The molecule has 0 amide bonds. The van der Waals surface area contributed by atoms with E-state index in [-0.39, 0.29) is 0 Å². The average Bonchev–Trinajstić information content (AvgIpc) is 2.33. The van der Waals surface area contributed by atoms with Crippen LogP contribution in [0.15, 0.2) is 28.2 Å². The Labute approximate surface area is 98.8 Å². The van der Waals surface area contributed by atoms with Crippen LogP contribution in [0.4, 0.5) is 11.4 Å². The Hall–Kier alpha value is -2.06. The van der Waals surface area contributed by atoms with Gasteiger partial charge in [-0.3, -0.25) is 0 Å². The van der Waals surface area contributed by atoms with Crippen LogP contribution in [0.2, 0.25) is 0 Å². The van der Waals surface area contributed by atoms with Crippen LogP contribution in [0.3, 0.4) is 0 Å². The van der Waals surface area contributed by atoms with Crippen molar-refractivity contribution in [3.63, 3.8) is 0 Å². The van der Waals surface area contributed by atoms with Gasteiger partial charge in [-0.2, -0.15) is 9.98 Å². The lowest BCUT2D eigenvalue weighted by Crippen LogP contribution is -1.94. The zero-order chi connectivity index (χ0) is 12.5. The van der Waals surface area contributed by atoms with Gasteiger partial charge in [0, 0.05) is 12.2 Å². The minimum Gasteiger partial charge on any atom is -0.377 e. The van der Waals surface area contributed by atoms with Crippen LogP contribution in [-0.2, 0) is 20.9 Å². The number of isocyanates is 2. The van der Waals surface area contributed by atoms with Crippen LogP contribution < -0.4 is 0 Å². The first-order valence-corrected chi connectivity index (χ1v) is 5.18. The second kappa shape index (κ2) is 7.25. The van der Waals surface area contributed by atoms with Crippen LogP contribution in [-0.4, -0.2) is 18.8 Å². The molecular formula is C12H12N2O3. The zero-order valence-electron chi connectivity index (χ0n) is 9.47. The number of carbonyl (C=O) groups excluding carboxylic acids is 2. The van der Waals surface area contributed by atoms with Crippen LogP contribution in [0.1, 0.15) is 18.9 Å². The summed E-state index contributed by atoms with van der Waals surface area (Å²) in [7, 11) is 0. The monoisotopic (exact) mass is 232 g/mol. The maximum absolute atomic E-state index is 10.3. The van der Waals surface area contributed by atoms with Crippen molar-refractivity contribution < 1.29 is 14.3 Å². The predicted molar refractivity (Wildman–Crippen MR) is 62.0 cm³/mol. The molecule has 0 atom stereocenters. The van der Waals surface area contributed by atoms with E-state index in [1.54, 1.807) is 12.1 Å². The van der Waals surface area contributed by atoms with E-state index in [4.69, 9.17) is 4.74 Å². The molecule has 1 aromatic rings. The van der Waals surface area contributed by atoms with Crippen molar-refractivity contribution >= 4 is 23.5 Å². The molecule has 1 aromatic carbocycles. The molecule has 0 radical (unpaired) electrons. The fourth-order valence-corrected chi connectivity index (χ4v) is 1.28. The Morgan fingerprint density at radius 3 is 2.65 bits per heavy atom. The molecule has 0 bridgehead atoms. The number of nitrogens with zero attached hydrogens (tertiary/aromatic N) is 2. The predicted octanol–water partition coefficient (Wildman–Crippen LogP) is 2.55. The average molecular weight is 232 g/mol. The smallest absolute Gasteiger partial charge is 0.240 e. The van der Waals surface area contributed by atoms with Gasteiger partial charge in [0.2, 0.25) is 12.2 Å². The Morgan fingerprint density at radius 1 is 1.24 bits per heavy atom. The van der Waals surface area contributed by atoms with Gasteiger partial charge >= 0.3 is 0 Å². The minimum absolute atomic E-state index is 0.361. The van der Waals surface area contributed by atoms with E-state index in [2.05, 4.69) is 9.98 Å². The van der Waals surface area contributed by atoms with Gasteiger partial charge in [0.25, 0.3) is 0 Å². The highest BCUT2D eigenvalue weighted by Crippen LogP contribution is 2.25. The summed E-state index contributed by atoms with van der Waals surface area (Å²) in [4.78, 5) is 27.4. The van der Waals surface area contributed by atoms with Gasteiger partial charge in [0.1, 0.15) is 0 Å². The summed E-state index contributed by atoms with van der Waals surface area (Å²) in [5, 5.41) is 0. The molecule has 0 aliphatic rings. The third kappa shape index (κ3) is 4.13. The maximum Gasteiger partial charge on any atom is 0.240 e. The van der Waals surface area contributed by atoms with Gasteiger partial charge < -0.3 is 4.74 Å². The summed E-state index contributed by atoms with van der Waals surface area (Å²) in [5.41, 5.74) is 1.56. The van der Waals surface area contributed by atoms with Crippen LogP contribution >= 0.6 is 0 Å². The van der Waals surface area contributed by atoms with Crippen LogP contribution in [0.5, 0.6) is 0 Å². The number of hydrogen-bond donors (Lipinski definition) is 0. The molecule has 5 heteroatoms. The molecule has 0 saturated carbocycles. The lowest BCUT2D eigenvalue weighted by Gasteiger charge is -2.05. The topological polar surface area (TPSA) is 68.1 Å². The highest BCUT2D eigenvalue weighted by Gasteiger charge is 2.03. The molecule has 0 aromatic heterocycles. The van der Waals surface area contributed by atoms with Gasteiger partial charge in [-0.1, -0.05) is 13.0 Å². The molecule has 0 aliphatic heterocycles. The minimum atomic E-state index is 0.361. The quantitative estimate of drug-likeness (QED) is 0.430. The van der Waals surface area contributed by atoms with Crippen LogP contribution in [0.25, 0.3) is 0 Å². The van der Waals surface area contributed by atoms with Gasteiger partial charge in [0.15, 0.2) is 0 Å². The van der Waals surface area contributed by atoms with Gasteiger partial charge in [-0.05, 0) is 18.6 Å². The summed E-state index contributed by atoms with van der Waals surface area (Å²) in [6.45, 7) is 3.00. The second-order valence-corrected chi connectivity index (χ2v) is 3.27. The van der Waals surface area contributed by atoms with Crippen molar-refractivity contribution in [3.05, 3.63) is 23.8 Å². The number of aliphatic imine (C=N–C) groups is 2. The first-order valence-electron chi connectivity index (χ1n) is 5.18. The van der Waals surface area contributed by atoms with Gasteiger partial charge in [-0.15, -0.1) is 0 Å². The molecule has 5 nitrogen and oxygen atoms in total. The molecule has 0 saturated heterocycles. The first-order chi connectivity index (χ1) is 8.31. The number of hydrogen-bond acceptors (Lipinski definition) is 5. The molecule has 0 aliphatic carbocycles. The highest BCUT2D eigenvalue weighted by molar-refractivity contribution is 5.61. The largest absolute Gasteiger partial charge is 0.377 e. The molecule has 0 N–H and O–H groups in total. The van der Waals surface area contributed by atoms with E-state index in [1.165, 1.54) is 18.2 Å². The summed E-state index contributed by atoms with van der Waals surface area (Å²) >= 11 is 0. The summed E-state index contributed by atoms with van der Waals surface area (Å²) in [6, 6.07) is 4.86. The van der Waals surface area contributed by atoms with E-state index in [0.717, 1.165) is 12.0 Å². The molecule has 0 unspecified atom stereocenters. The highest BCUT2D eigenvalue weighted by atomic mass is 16.5. The van der Waals surface area contributed by atoms with Crippen molar-refractivity contribution in [2.24, 2.45) is 9.98 Å². The Balaban J connectivity index is 2.95. The normalized spacial score (nSPS) is 9.24. The molecule has 1 rings (SSSR count). The van der Waals surface area contributed by atoms with Crippen molar-refractivity contribution in [1.82, 2.24) is 0 Å². The van der Waals surface area contributed by atoms with Crippen LogP contribution in [0, 0.1) is 0 Å². The van der Waals surface area contributed by atoms with Crippen molar-refractivity contribution in [2.45, 2.75) is 20.0 Å². The van der Waals surface area contributed by atoms with Crippen molar-refractivity contribution in [2.75, 3.05) is 6.61 Å². The first kappa shape index (κ1) is 13.0. The Kier molecular flexibility index (Phi) is 5.55. The number of benzene rings is 1. The van der Waals surface area contributed by atoms with E-state index in [9.17, 15) is 9.59 Å². The maximum atomic E-state index is 10.3. The lowest BCUT2D eigenvalue weighted by atomic mass is 10.1. The number of ether oxygens (including phenoxy) is 1. The second-order valence-electron chi connectivity index (χ2n) is 3.27. The van der Waals surface area contributed by atoms with Gasteiger partial charge in [-0.25, -0.2) is 9.59 Å². The van der Waals surface area contributed by atoms with E-state index < -0.39 is 0 Å². The summed E-state index contributed by atoms with van der Waals surface area (Å²) in [6.07, 6.45) is 3.81. The lowest BCUT2D eigenvalue weighted by molar-refractivity contribution is 0.122.